The van der Waals surface area contributed by atoms with Gasteiger partial charge in [-0.05, 0) is 47.9 Å². The summed E-state index contributed by atoms with van der Waals surface area (Å²) in [6.45, 7) is 2.67. The van der Waals surface area contributed by atoms with E-state index in [0.29, 0.717) is 29.5 Å². The number of carbonyl (C=O) groups excluding carboxylic acids is 1. The van der Waals surface area contributed by atoms with E-state index in [1.165, 1.54) is 57.8 Å². The van der Waals surface area contributed by atoms with E-state index in [9.17, 15) is 4.79 Å². The van der Waals surface area contributed by atoms with Crippen LogP contribution in [0.15, 0.2) is 47.6 Å². The summed E-state index contributed by atoms with van der Waals surface area (Å²) < 4.78 is 11.3. The van der Waals surface area contributed by atoms with Gasteiger partial charge in [0.05, 0.1) is 13.3 Å². The zero-order valence-corrected chi connectivity index (χ0v) is 22.1. The predicted octanol–water partition coefficient (Wildman–Crippen LogP) is 8.08. The highest BCUT2D eigenvalue weighted by Gasteiger charge is 2.06. The van der Waals surface area contributed by atoms with Crippen molar-refractivity contribution in [1.82, 2.24) is 5.43 Å². The van der Waals surface area contributed by atoms with Crippen LogP contribution < -0.4 is 14.9 Å². The molecule has 2 aromatic carbocycles. The monoisotopic (exact) mass is 500 g/mol. The molecule has 0 aliphatic rings. The number of benzene rings is 2. The molecule has 0 spiro atoms. The summed E-state index contributed by atoms with van der Waals surface area (Å²) in [5, 5.41) is 4.78. The summed E-state index contributed by atoms with van der Waals surface area (Å²) in [5.41, 5.74) is 4.45. The molecule has 1 N–H and O–H groups in total. The number of amides is 1. The number of rotatable bonds is 18. The first-order valence-corrected chi connectivity index (χ1v) is 13.4. The lowest BCUT2D eigenvalue weighted by Crippen LogP contribution is -2.16. The van der Waals surface area contributed by atoms with Gasteiger partial charge in [-0.3, -0.25) is 4.79 Å². The van der Waals surface area contributed by atoms with Gasteiger partial charge >= 0.3 is 0 Å². The second kappa shape index (κ2) is 17.8. The summed E-state index contributed by atoms with van der Waals surface area (Å²) in [7, 11) is 1.60. The average molecular weight is 501 g/mol. The van der Waals surface area contributed by atoms with Crippen molar-refractivity contribution in [3.63, 3.8) is 0 Å². The van der Waals surface area contributed by atoms with Crippen molar-refractivity contribution in [3.05, 3.63) is 58.6 Å². The smallest absolute Gasteiger partial charge is 0.240 e. The van der Waals surface area contributed by atoms with Gasteiger partial charge in [0.2, 0.25) is 5.91 Å². The number of hydrogen-bond donors (Lipinski definition) is 1. The summed E-state index contributed by atoms with van der Waals surface area (Å²) in [6, 6.07) is 13.1. The molecule has 0 fully saturated rings. The number of hydrazone groups is 1. The quantitative estimate of drug-likeness (QED) is 0.128. The van der Waals surface area contributed by atoms with E-state index < -0.39 is 0 Å². The minimum Gasteiger partial charge on any atom is -0.493 e. The Hall–Kier alpha value is -2.53. The van der Waals surface area contributed by atoms with Crippen molar-refractivity contribution in [2.24, 2.45) is 5.10 Å². The van der Waals surface area contributed by atoms with Crippen molar-refractivity contribution < 1.29 is 14.3 Å². The van der Waals surface area contributed by atoms with Crippen LogP contribution in [-0.2, 0) is 11.4 Å². The summed E-state index contributed by atoms with van der Waals surface area (Å²) in [6.07, 6.45) is 16.1. The Morgan fingerprint density at radius 3 is 2.14 bits per heavy atom. The highest BCUT2D eigenvalue weighted by atomic mass is 35.5. The topological polar surface area (TPSA) is 59.9 Å². The molecular weight excluding hydrogens is 460 g/mol. The Bertz CT molecular complexity index is 884. The number of unbranched alkanes of at least 4 members (excludes halogenated alkanes) is 10. The molecule has 0 aliphatic heterocycles. The maximum Gasteiger partial charge on any atom is 0.240 e. The summed E-state index contributed by atoms with van der Waals surface area (Å²) >= 11 is 5.92. The molecule has 2 rings (SSSR count). The predicted molar refractivity (Wildman–Crippen MR) is 146 cm³/mol. The normalized spacial score (nSPS) is 11.1. The van der Waals surface area contributed by atoms with Crippen LogP contribution in [0.2, 0.25) is 5.02 Å². The van der Waals surface area contributed by atoms with Crippen LogP contribution >= 0.6 is 11.6 Å². The first-order chi connectivity index (χ1) is 17.1. The summed E-state index contributed by atoms with van der Waals surface area (Å²) in [5.74, 6) is 1.20. The van der Waals surface area contributed by atoms with E-state index in [4.69, 9.17) is 21.1 Å². The Balaban J connectivity index is 1.61. The fourth-order valence-electron chi connectivity index (χ4n) is 3.81. The van der Waals surface area contributed by atoms with Gasteiger partial charge in [0, 0.05) is 11.4 Å². The van der Waals surface area contributed by atoms with Crippen LogP contribution in [-0.4, -0.2) is 19.2 Å². The van der Waals surface area contributed by atoms with Gasteiger partial charge < -0.3 is 9.47 Å². The lowest BCUT2D eigenvalue weighted by atomic mass is 10.1. The number of methoxy groups -OCH3 is 1. The Morgan fingerprint density at radius 2 is 1.51 bits per heavy atom. The van der Waals surface area contributed by atoms with Gasteiger partial charge in [-0.25, -0.2) is 5.43 Å². The van der Waals surface area contributed by atoms with Gasteiger partial charge in [0.15, 0.2) is 11.5 Å². The lowest BCUT2D eigenvalue weighted by Gasteiger charge is -2.11. The number of carbonyl (C=O) groups is 1. The van der Waals surface area contributed by atoms with Gasteiger partial charge in [0.1, 0.15) is 6.61 Å². The van der Waals surface area contributed by atoms with E-state index in [-0.39, 0.29) is 5.91 Å². The third-order valence-electron chi connectivity index (χ3n) is 5.91. The minimum atomic E-state index is -0.0490. The fourth-order valence-corrected chi connectivity index (χ4v) is 3.94. The molecule has 0 saturated heterocycles. The SMILES string of the molecule is CCCCCCCCCCCCCC(=O)NN=Cc1ccc(OCc2ccc(Cl)cc2)c(OC)c1. The van der Waals surface area contributed by atoms with Gasteiger partial charge in [-0.2, -0.15) is 5.10 Å². The molecule has 0 atom stereocenters. The third-order valence-corrected chi connectivity index (χ3v) is 6.16. The van der Waals surface area contributed by atoms with Gasteiger partial charge in [-0.1, -0.05) is 94.9 Å². The standard InChI is InChI=1S/C29H41ClN2O3/c1-3-4-5-6-7-8-9-10-11-12-13-14-29(33)32-31-22-25-17-20-27(28(21-25)34-2)35-23-24-15-18-26(30)19-16-24/h15-22H,3-14,23H2,1-2H3,(H,32,33). The minimum absolute atomic E-state index is 0.0490. The molecular formula is C29H41ClN2O3. The molecule has 1 amide bonds. The molecule has 0 radical (unpaired) electrons. The van der Waals surface area contributed by atoms with Crippen LogP contribution in [0.25, 0.3) is 0 Å². The molecule has 0 bridgehead atoms. The van der Waals surface area contributed by atoms with Crippen molar-refractivity contribution in [3.8, 4) is 11.5 Å². The molecule has 0 unspecified atom stereocenters. The lowest BCUT2D eigenvalue weighted by molar-refractivity contribution is -0.121. The Kier molecular flexibility index (Phi) is 14.6. The van der Waals surface area contributed by atoms with Crippen LogP contribution in [0.3, 0.4) is 0 Å². The first-order valence-electron chi connectivity index (χ1n) is 13.0. The zero-order valence-electron chi connectivity index (χ0n) is 21.4. The summed E-state index contributed by atoms with van der Waals surface area (Å²) in [4.78, 5) is 12.0. The number of hydrogen-bond acceptors (Lipinski definition) is 4. The van der Waals surface area contributed by atoms with Gasteiger partial charge in [-0.15, -0.1) is 0 Å². The number of halogens is 1. The highest BCUT2D eigenvalue weighted by molar-refractivity contribution is 6.30. The van der Waals surface area contributed by atoms with E-state index in [2.05, 4.69) is 17.5 Å². The number of nitrogens with zero attached hydrogens (tertiary/aromatic N) is 1. The second-order valence-electron chi connectivity index (χ2n) is 8.90. The average Bonchev–Trinajstić information content (AvgIpc) is 2.87. The van der Waals surface area contributed by atoms with Crippen LogP contribution in [0.1, 0.15) is 95.1 Å². The van der Waals surface area contributed by atoms with E-state index in [1.54, 1.807) is 13.3 Å². The van der Waals surface area contributed by atoms with Crippen molar-refractivity contribution >= 4 is 23.7 Å². The molecule has 2 aromatic rings. The molecule has 5 nitrogen and oxygen atoms in total. The van der Waals surface area contributed by atoms with Crippen LogP contribution in [0, 0.1) is 0 Å². The third kappa shape index (κ3) is 12.7. The van der Waals surface area contributed by atoms with Crippen molar-refractivity contribution in [2.75, 3.05) is 7.11 Å². The van der Waals surface area contributed by atoms with Crippen LogP contribution in [0.5, 0.6) is 11.5 Å². The zero-order chi connectivity index (χ0) is 25.1. The second-order valence-corrected chi connectivity index (χ2v) is 9.34. The maximum absolute atomic E-state index is 12.0. The molecule has 6 heteroatoms. The molecule has 0 aliphatic carbocycles. The number of ether oxygens (including phenoxy) is 2. The van der Waals surface area contributed by atoms with Crippen LogP contribution in [0.4, 0.5) is 0 Å². The Morgan fingerprint density at radius 1 is 0.886 bits per heavy atom. The fraction of sp³-hybridized carbons (Fsp3) is 0.517. The van der Waals surface area contributed by atoms with E-state index >= 15 is 0 Å². The van der Waals surface area contributed by atoms with Crippen molar-refractivity contribution in [2.45, 2.75) is 90.6 Å². The first kappa shape index (κ1) is 28.7. The highest BCUT2D eigenvalue weighted by Crippen LogP contribution is 2.28. The molecule has 35 heavy (non-hydrogen) atoms. The van der Waals surface area contributed by atoms with E-state index in [0.717, 1.165) is 24.0 Å². The maximum atomic E-state index is 12.0. The molecule has 192 valence electrons. The van der Waals surface area contributed by atoms with Crippen molar-refractivity contribution in [1.29, 1.82) is 0 Å². The van der Waals surface area contributed by atoms with Gasteiger partial charge in [0.25, 0.3) is 0 Å². The number of nitrogens with one attached hydrogen (secondary N) is 1. The molecule has 0 heterocycles. The van der Waals surface area contributed by atoms with E-state index in [1.807, 2.05) is 42.5 Å². The molecule has 0 saturated carbocycles. The Labute approximate surface area is 216 Å². The largest absolute Gasteiger partial charge is 0.493 e. The molecule has 0 aromatic heterocycles.